The van der Waals surface area contributed by atoms with Crippen LogP contribution in [-0.2, 0) is 15.1 Å². The smallest absolute Gasteiger partial charge is 0.142 e. The summed E-state index contributed by atoms with van der Waals surface area (Å²) >= 11 is 4.93. The van der Waals surface area contributed by atoms with E-state index in [1.165, 1.54) is 18.3 Å². The minimum absolute atomic E-state index is 0.0698. The Morgan fingerprint density at radius 1 is 1.19 bits per heavy atom. The molecular formula is C16H16BrNO2S. The molecule has 2 rings (SSSR count). The predicted octanol–water partition coefficient (Wildman–Crippen LogP) is 3.65. The number of nitrogens with two attached hydrogens (primary N) is 1. The second-order valence-electron chi connectivity index (χ2n) is 5.08. The quantitative estimate of drug-likeness (QED) is 0.794. The zero-order chi connectivity index (χ0) is 15.5. The molecule has 1 aromatic heterocycles. The first-order chi connectivity index (χ1) is 9.91. The van der Waals surface area contributed by atoms with Crippen LogP contribution in [0.1, 0.15) is 30.9 Å². The van der Waals surface area contributed by atoms with Gasteiger partial charge in [-0.15, -0.1) is 0 Å². The van der Waals surface area contributed by atoms with Gasteiger partial charge in [-0.3, -0.25) is 9.59 Å². The van der Waals surface area contributed by atoms with Crippen LogP contribution in [0.15, 0.2) is 45.6 Å². The van der Waals surface area contributed by atoms with E-state index in [0.717, 1.165) is 15.6 Å². The maximum Gasteiger partial charge on any atom is 0.142 e. The van der Waals surface area contributed by atoms with Gasteiger partial charge in [0.15, 0.2) is 0 Å². The van der Waals surface area contributed by atoms with Crippen molar-refractivity contribution in [2.24, 2.45) is 5.73 Å². The molecule has 1 unspecified atom stereocenters. The Balaban J connectivity index is 2.38. The summed E-state index contributed by atoms with van der Waals surface area (Å²) < 4.78 is 0.953. The zero-order valence-electron chi connectivity index (χ0n) is 11.6. The van der Waals surface area contributed by atoms with Gasteiger partial charge >= 0.3 is 0 Å². The lowest BCUT2D eigenvalue weighted by molar-refractivity contribution is -0.126. The van der Waals surface area contributed by atoms with Gasteiger partial charge in [-0.1, -0.05) is 28.1 Å². The van der Waals surface area contributed by atoms with Crippen LogP contribution in [0.2, 0.25) is 0 Å². The van der Waals surface area contributed by atoms with Crippen molar-refractivity contribution in [1.29, 1.82) is 0 Å². The monoisotopic (exact) mass is 365 g/mol. The van der Waals surface area contributed by atoms with Crippen molar-refractivity contribution in [3.63, 3.8) is 0 Å². The first-order valence-electron chi connectivity index (χ1n) is 6.50. The van der Waals surface area contributed by atoms with Gasteiger partial charge < -0.3 is 5.73 Å². The third-order valence-electron chi connectivity index (χ3n) is 3.32. The molecule has 1 heterocycles. The number of hydrogen-bond acceptors (Lipinski definition) is 4. The summed E-state index contributed by atoms with van der Waals surface area (Å²) in [5.74, 6) is -0.275. The van der Waals surface area contributed by atoms with Crippen molar-refractivity contribution >= 4 is 38.8 Å². The molecule has 0 amide bonds. The highest BCUT2D eigenvalue weighted by Crippen LogP contribution is 2.33. The fraction of sp³-hybridized carbons (Fsp3) is 0.250. The van der Waals surface area contributed by atoms with Crippen LogP contribution in [0.25, 0.3) is 0 Å². The maximum atomic E-state index is 12.1. The minimum atomic E-state index is -0.896. The predicted molar refractivity (Wildman–Crippen MR) is 88.4 cm³/mol. The summed E-state index contributed by atoms with van der Waals surface area (Å²) in [4.78, 5) is 23.2. The number of rotatable bonds is 6. The molecule has 0 saturated heterocycles. The average Bonchev–Trinajstić information content (AvgIpc) is 2.92. The van der Waals surface area contributed by atoms with Crippen molar-refractivity contribution in [2.45, 2.75) is 25.3 Å². The van der Waals surface area contributed by atoms with Gasteiger partial charge in [-0.2, -0.15) is 11.3 Å². The number of thiophene rings is 1. The van der Waals surface area contributed by atoms with Gasteiger partial charge in [0.25, 0.3) is 0 Å². The van der Waals surface area contributed by atoms with Crippen molar-refractivity contribution in [3.8, 4) is 0 Å². The molecule has 21 heavy (non-hydrogen) atoms. The second kappa shape index (κ2) is 6.64. The van der Waals surface area contributed by atoms with Crippen molar-refractivity contribution < 1.29 is 9.59 Å². The molecule has 2 aromatic rings. The number of ketones is 2. The summed E-state index contributed by atoms with van der Waals surface area (Å²) in [6.07, 6.45) is 0.0462. The van der Waals surface area contributed by atoms with E-state index in [2.05, 4.69) is 15.9 Å². The lowest BCUT2D eigenvalue weighted by Gasteiger charge is -2.29. The lowest BCUT2D eigenvalue weighted by atomic mass is 9.80. The SMILES string of the molecule is CC(=O)CC(=O)CC(N)(c1ccc(Br)cc1)c1ccsc1. The van der Waals surface area contributed by atoms with E-state index < -0.39 is 5.54 Å². The van der Waals surface area contributed by atoms with Gasteiger partial charge in [0.1, 0.15) is 11.6 Å². The summed E-state index contributed by atoms with van der Waals surface area (Å²) in [5.41, 5.74) is 7.43. The van der Waals surface area contributed by atoms with Gasteiger partial charge in [-0.05, 0) is 47.0 Å². The van der Waals surface area contributed by atoms with E-state index in [-0.39, 0.29) is 24.4 Å². The van der Waals surface area contributed by atoms with Crippen molar-refractivity contribution in [2.75, 3.05) is 0 Å². The Labute approximate surface area is 136 Å². The Morgan fingerprint density at radius 2 is 1.86 bits per heavy atom. The normalized spacial score (nSPS) is 13.7. The number of halogens is 1. The molecule has 5 heteroatoms. The van der Waals surface area contributed by atoms with E-state index in [4.69, 9.17) is 5.73 Å². The Hall–Kier alpha value is -1.30. The van der Waals surface area contributed by atoms with Gasteiger partial charge in [-0.25, -0.2) is 0 Å². The molecule has 2 N–H and O–H groups in total. The zero-order valence-corrected chi connectivity index (χ0v) is 14.0. The Bertz CT molecular complexity index is 637. The summed E-state index contributed by atoms with van der Waals surface area (Å²) in [5, 5.41) is 3.88. The molecule has 0 radical (unpaired) electrons. The summed E-state index contributed by atoms with van der Waals surface area (Å²) in [6.45, 7) is 1.42. The number of benzene rings is 1. The van der Waals surface area contributed by atoms with Crippen LogP contribution >= 0.6 is 27.3 Å². The van der Waals surface area contributed by atoms with E-state index >= 15 is 0 Å². The third-order valence-corrected chi connectivity index (χ3v) is 4.53. The van der Waals surface area contributed by atoms with E-state index in [0.29, 0.717) is 0 Å². The molecule has 110 valence electrons. The average molecular weight is 366 g/mol. The lowest BCUT2D eigenvalue weighted by Crippen LogP contribution is -2.40. The molecule has 0 aliphatic carbocycles. The third kappa shape index (κ3) is 3.87. The number of carbonyl (C=O) groups excluding carboxylic acids is 2. The summed E-state index contributed by atoms with van der Waals surface area (Å²) in [6, 6.07) is 9.54. The van der Waals surface area contributed by atoms with E-state index in [9.17, 15) is 9.59 Å². The number of Topliss-reactive ketones (excluding diaryl/α,β-unsaturated/α-hetero) is 2. The Kier molecular flexibility index (Phi) is 5.08. The molecule has 0 saturated carbocycles. The minimum Gasteiger partial charge on any atom is -0.317 e. The summed E-state index contributed by atoms with van der Waals surface area (Å²) in [7, 11) is 0. The molecular weight excluding hydrogens is 350 g/mol. The second-order valence-corrected chi connectivity index (χ2v) is 6.78. The first-order valence-corrected chi connectivity index (χ1v) is 8.24. The fourth-order valence-corrected chi connectivity index (χ4v) is 3.29. The van der Waals surface area contributed by atoms with E-state index in [1.54, 1.807) is 0 Å². The molecule has 1 atom stereocenters. The van der Waals surface area contributed by atoms with Gasteiger partial charge in [0.2, 0.25) is 0 Å². The highest BCUT2D eigenvalue weighted by molar-refractivity contribution is 9.10. The van der Waals surface area contributed by atoms with Crippen LogP contribution in [0, 0.1) is 0 Å². The van der Waals surface area contributed by atoms with Crippen molar-refractivity contribution in [3.05, 3.63) is 56.7 Å². The van der Waals surface area contributed by atoms with Crippen molar-refractivity contribution in [1.82, 2.24) is 0 Å². The molecule has 0 spiro atoms. The topological polar surface area (TPSA) is 60.2 Å². The largest absolute Gasteiger partial charge is 0.317 e. The fourth-order valence-electron chi connectivity index (χ4n) is 2.29. The van der Waals surface area contributed by atoms with Crippen LogP contribution in [-0.4, -0.2) is 11.6 Å². The maximum absolute atomic E-state index is 12.1. The molecule has 0 bridgehead atoms. The highest BCUT2D eigenvalue weighted by Gasteiger charge is 2.32. The number of hydrogen-bond donors (Lipinski definition) is 1. The van der Waals surface area contributed by atoms with Crippen LogP contribution in [0.5, 0.6) is 0 Å². The Morgan fingerprint density at radius 3 is 2.38 bits per heavy atom. The molecule has 1 aromatic carbocycles. The van der Waals surface area contributed by atoms with Crippen LogP contribution in [0.4, 0.5) is 0 Å². The molecule has 3 nitrogen and oxygen atoms in total. The molecule has 0 fully saturated rings. The number of carbonyl (C=O) groups is 2. The first kappa shape index (κ1) is 16.1. The van der Waals surface area contributed by atoms with Crippen LogP contribution in [0.3, 0.4) is 0 Å². The van der Waals surface area contributed by atoms with Crippen LogP contribution < -0.4 is 5.73 Å². The molecule has 0 aliphatic heterocycles. The van der Waals surface area contributed by atoms with Gasteiger partial charge in [0.05, 0.1) is 12.0 Å². The standard InChI is InChI=1S/C16H16BrNO2S/c1-11(19)8-15(20)9-16(18,13-6-7-21-10-13)12-2-4-14(17)5-3-12/h2-7,10H,8-9,18H2,1H3. The van der Waals surface area contributed by atoms with Gasteiger partial charge in [0, 0.05) is 10.9 Å². The molecule has 0 aliphatic rings. The highest BCUT2D eigenvalue weighted by atomic mass is 79.9. The van der Waals surface area contributed by atoms with E-state index in [1.807, 2.05) is 41.1 Å².